The summed E-state index contributed by atoms with van der Waals surface area (Å²) in [6.45, 7) is 0. The first-order valence-corrected chi connectivity index (χ1v) is 10.6. The third-order valence-corrected chi connectivity index (χ3v) is 5.50. The van der Waals surface area contributed by atoms with Crippen molar-refractivity contribution in [3.63, 3.8) is 0 Å². The zero-order chi connectivity index (χ0) is 19.2. The summed E-state index contributed by atoms with van der Waals surface area (Å²) >= 11 is 4.28. The lowest BCUT2D eigenvalue weighted by atomic mass is 9.97. The number of hydrogen-bond acceptors (Lipinski definition) is 1. The first-order chi connectivity index (χ1) is 13.8. The number of thiol groups is 1. The van der Waals surface area contributed by atoms with Crippen LogP contribution in [0.5, 0.6) is 0 Å². The molecule has 0 atom stereocenters. The summed E-state index contributed by atoms with van der Waals surface area (Å²) in [5.74, 6) is 7.84. The van der Waals surface area contributed by atoms with Crippen LogP contribution in [-0.2, 0) is 6.42 Å². The van der Waals surface area contributed by atoms with Crippen LogP contribution in [0, 0.1) is 11.8 Å². The fourth-order valence-electron chi connectivity index (χ4n) is 3.66. The molecule has 4 rings (SSSR count). The first kappa shape index (κ1) is 18.7. The van der Waals surface area contributed by atoms with Gasteiger partial charge in [0.15, 0.2) is 0 Å². The maximum absolute atomic E-state index is 4.28. The Hall–Kier alpha value is -2.69. The van der Waals surface area contributed by atoms with Crippen molar-refractivity contribution in [1.29, 1.82) is 0 Å². The topological polar surface area (TPSA) is 0 Å². The van der Waals surface area contributed by atoms with E-state index in [0.717, 1.165) is 23.3 Å². The van der Waals surface area contributed by atoms with Gasteiger partial charge in [-0.05, 0) is 70.3 Å². The zero-order valence-corrected chi connectivity index (χ0v) is 16.9. The molecule has 0 N–H and O–H groups in total. The average Bonchev–Trinajstić information content (AvgIpc) is 2.75. The molecule has 0 heterocycles. The standard InChI is InChI=1S/C27H24S/c28-19-7-1-2-8-21-13-15-22(16-14-21)17-18-27-25-11-5-3-9-23(25)20-24-10-4-6-12-26(24)27/h3-6,9-16,20,28H,1-2,7-8,19H2. The van der Waals surface area contributed by atoms with Gasteiger partial charge in [0.05, 0.1) is 0 Å². The fourth-order valence-corrected chi connectivity index (χ4v) is 3.88. The van der Waals surface area contributed by atoms with Gasteiger partial charge in [0.1, 0.15) is 0 Å². The smallest absolute Gasteiger partial charge is 0.0405 e. The number of hydrogen-bond donors (Lipinski definition) is 1. The molecule has 28 heavy (non-hydrogen) atoms. The Morgan fingerprint density at radius 3 is 1.93 bits per heavy atom. The monoisotopic (exact) mass is 380 g/mol. The van der Waals surface area contributed by atoms with E-state index in [1.165, 1.54) is 46.4 Å². The molecule has 0 bridgehead atoms. The van der Waals surface area contributed by atoms with Crippen LogP contribution >= 0.6 is 12.6 Å². The van der Waals surface area contributed by atoms with E-state index in [-0.39, 0.29) is 0 Å². The number of fused-ring (bicyclic) bond motifs is 2. The Balaban J connectivity index is 1.64. The largest absolute Gasteiger partial charge is 0.179 e. The molecule has 0 amide bonds. The second-order valence-corrected chi connectivity index (χ2v) is 7.62. The van der Waals surface area contributed by atoms with Crippen molar-refractivity contribution in [2.75, 3.05) is 5.75 Å². The average molecular weight is 381 g/mol. The van der Waals surface area contributed by atoms with Gasteiger partial charge in [-0.2, -0.15) is 12.6 Å². The lowest BCUT2D eigenvalue weighted by molar-refractivity contribution is 0.723. The van der Waals surface area contributed by atoms with Crippen molar-refractivity contribution in [2.24, 2.45) is 0 Å². The molecule has 0 aliphatic heterocycles. The molecule has 4 aromatic rings. The summed E-state index contributed by atoms with van der Waals surface area (Å²) in [4.78, 5) is 0. The van der Waals surface area contributed by atoms with Crippen molar-refractivity contribution in [1.82, 2.24) is 0 Å². The highest BCUT2D eigenvalue weighted by Crippen LogP contribution is 2.27. The number of benzene rings is 4. The van der Waals surface area contributed by atoms with Gasteiger partial charge in [0.25, 0.3) is 0 Å². The molecule has 0 saturated carbocycles. The van der Waals surface area contributed by atoms with Crippen LogP contribution < -0.4 is 0 Å². The molecular weight excluding hydrogens is 356 g/mol. The molecular formula is C27H24S. The van der Waals surface area contributed by atoms with Gasteiger partial charge in [-0.25, -0.2) is 0 Å². The van der Waals surface area contributed by atoms with Crippen LogP contribution in [-0.4, -0.2) is 5.75 Å². The van der Waals surface area contributed by atoms with Gasteiger partial charge in [0, 0.05) is 11.1 Å². The van der Waals surface area contributed by atoms with Gasteiger partial charge in [-0.3, -0.25) is 0 Å². The highest BCUT2D eigenvalue weighted by molar-refractivity contribution is 7.80. The van der Waals surface area contributed by atoms with Gasteiger partial charge < -0.3 is 0 Å². The molecule has 138 valence electrons. The normalized spacial score (nSPS) is 10.8. The lowest BCUT2D eigenvalue weighted by Gasteiger charge is -2.06. The summed E-state index contributed by atoms with van der Waals surface area (Å²) in [6.07, 6.45) is 4.81. The van der Waals surface area contributed by atoms with E-state index in [1.54, 1.807) is 0 Å². The molecule has 0 saturated heterocycles. The van der Waals surface area contributed by atoms with E-state index in [0.29, 0.717) is 0 Å². The molecule has 0 spiro atoms. The van der Waals surface area contributed by atoms with E-state index in [2.05, 4.69) is 103 Å². The maximum Gasteiger partial charge on any atom is 0.0405 e. The van der Waals surface area contributed by atoms with E-state index in [9.17, 15) is 0 Å². The summed E-state index contributed by atoms with van der Waals surface area (Å²) in [7, 11) is 0. The van der Waals surface area contributed by atoms with Crippen LogP contribution in [0.15, 0.2) is 78.9 Å². The minimum atomic E-state index is 0.984. The minimum absolute atomic E-state index is 0.984. The van der Waals surface area contributed by atoms with Crippen LogP contribution in [0.2, 0.25) is 0 Å². The molecule has 4 aromatic carbocycles. The van der Waals surface area contributed by atoms with E-state index in [4.69, 9.17) is 0 Å². The van der Waals surface area contributed by atoms with Crippen LogP contribution in [0.3, 0.4) is 0 Å². The van der Waals surface area contributed by atoms with Crippen molar-refractivity contribution < 1.29 is 0 Å². The van der Waals surface area contributed by atoms with Gasteiger partial charge in [0.2, 0.25) is 0 Å². The van der Waals surface area contributed by atoms with Crippen LogP contribution in [0.25, 0.3) is 21.5 Å². The highest BCUT2D eigenvalue weighted by atomic mass is 32.1. The lowest BCUT2D eigenvalue weighted by Crippen LogP contribution is -1.87. The van der Waals surface area contributed by atoms with Crippen LogP contribution in [0.1, 0.15) is 36.0 Å². The highest BCUT2D eigenvalue weighted by Gasteiger charge is 2.05. The predicted molar refractivity (Wildman–Crippen MR) is 125 cm³/mol. The summed E-state index contributed by atoms with van der Waals surface area (Å²) < 4.78 is 0. The molecule has 0 fully saturated rings. The molecule has 0 radical (unpaired) electrons. The number of rotatable bonds is 5. The van der Waals surface area contributed by atoms with Crippen LogP contribution in [0.4, 0.5) is 0 Å². The maximum atomic E-state index is 4.28. The van der Waals surface area contributed by atoms with E-state index < -0.39 is 0 Å². The second-order valence-electron chi connectivity index (χ2n) is 7.18. The van der Waals surface area contributed by atoms with Crippen molar-refractivity contribution in [2.45, 2.75) is 25.7 Å². The first-order valence-electron chi connectivity index (χ1n) is 9.97. The molecule has 1 heteroatoms. The summed E-state index contributed by atoms with van der Waals surface area (Å²) in [5, 5.41) is 4.91. The van der Waals surface area contributed by atoms with E-state index >= 15 is 0 Å². The SMILES string of the molecule is SCCCCCc1ccc(C#Cc2c3ccccc3cc3ccccc23)cc1. The van der Waals surface area contributed by atoms with Gasteiger partial charge >= 0.3 is 0 Å². The third-order valence-electron chi connectivity index (χ3n) is 5.18. The third kappa shape index (κ3) is 4.24. The Morgan fingerprint density at radius 2 is 1.29 bits per heavy atom. The van der Waals surface area contributed by atoms with Crippen molar-refractivity contribution >= 4 is 34.2 Å². The Labute approximate surface area is 173 Å². The molecule has 0 unspecified atom stereocenters. The van der Waals surface area contributed by atoms with E-state index in [1.807, 2.05) is 0 Å². The Kier molecular flexibility index (Phi) is 6.00. The zero-order valence-electron chi connectivity index (χ0n) is 16.0. The molecule has 0 aromatic heterocycles. The van der Waals surface area contributed by atoms with Crippen molar-refractivity contribution in [3.8, 4) is 11.8 Å². The Bertz CT molecular complexity index is 1090. The summed E-state index contributed by atoms with van der Waals surface area (Å²) in [5.41, 5.74) is 3.57. The predicted octanol–water partition coefficient (Wildman–Crippen LogP) is 7.04. The fraction of sp³-hybridized carbons (Fsp3) is 0.185. The molecule has 0 nitrogen and oxygen atoms in total. The Morgan fingerprint density at radius 1 is 0.643 bits per heavy atom. The minimum Gasteiger partial charge on any atom is -0.179 e. The van der Waals surface area contributed by atoms with Gasteiger partial charge in [-0.15, -0.1) is 0 Å². The van der Waals surface area contributed by atoms with Crippen molar-refractivity contribution in [3.05, 3.63) is 95.6 Å². The molecule has 0 aliphatic rings. The summed E-state index contributed by atoms with van der Waals surface area (Å²) in [6, 6.07) is 28.0. The number of unbranched alkanes of at least 4 members (excludes halogenated alkanes) is 2. The number of aryl methyl sites for hydroxylation is 1. The molecule has 0 aliphatic carbocycles. The van der Waals surface area contributed by atoms with Gasteiger partial charge in [-0.1, -0.05) is 78.9 Å². The quantitative estimate of drug-likeness (QED) is 0.163. The second kappa shape index (κ2) is 9.00.